The molecule has 0 aromatic carbocycles. The molecule has 1 saturated carbocycles. The Labute approximate surface area is 174 Å². The predicted octanol–water partition coefficient (Wildman–Crippen LogP) is 2.74. The quantitative estimate of drug-likeness (QED) is 0.665. The molecule has 30 heavy (non-hydrogen) atoms. The van der Waals surface area contributed by atoms with E-state index in [1.165, 1.54) is 4.80 Å². The number of carbonyl (C=O) groups is 1. The van der Waals surface area contributed by atoms with Crippen LogP contribution in [0.4, 0.5) is 0 Å². The molecule has 1 aliphatic carbocycles. The lowest BCUT2D eigenvalue weighted by Crippen LogP contribution is -2.51. The first-order chi connectivity index (χ1) is 14.5. The Hall–Kier alpha value is -3.29. The van der Waals surface area contributed by atoms with E-state index in [2.05, 4.69) is 27.1 Å². The van der Waals surface area contributed by atoms with Crippen LogP contribution in [0.1, 0.15) is 41.3 Å². The Morgan fingerprint density at radius 2 is 1.83 bits per heavy atom. The topological polar surface area (TPSA) is 86.0 Å². The van der Waals surface area contributed by atoms with Gasteiger partial charge in [-0.05, 0) is 56.7 Å². The van der Waals surface area contributed by atoms with Gasteiger partial charge in [-0.15, -0.1) is 4.80 Å². The van der Waals surface area contributed by atoms with Crippen LogP contribution in [-0.2, 0) is 0 Å². The molecule has 0 spiro atoms. The van der Waals surface area contributed by atoms with Crippen LogP contribution in [0.5, 0.6) is 5.88 Å². The van der Waals surface area contributed by atoms with Gasteiger partial charge >= 0.3 is 0 Å². The predicted molar refractivity (Wildman–Crippen MR) is 109 cm³/mol. The molecule has 3 aromatic heterocycles. The lowest BCUT2D eigenvalue weighted by molar-refractivity contribution is 0.0313. The number of pyridine rings is 2. The van der Waals surface area contributed by atoms with Crippen LogP contribution in [-0.4, -0.2) is 54.0 Å². The van der Waals surface area contributed by atoms with Crippen LogP contribution in [0.3, 0.4) is 0 Å². The first kappa shape index (κ1) is 18.7. The molecular formula is C22H24N6O2. The molecule has 154 valence electrons. The fraction of sp³-hybridized carbons (Fsp3) is 0.409. The maximum atomic E-state index is 13.7. The van der Waals surface area contributed by atoms with Crippen molar-refractivity contribution in [2.75, 3.05) is 0 Å². The number of amides is 1. The number of carbonyl (C=O) groups excluding carboxylic acids is 1. The monoisotopic (exact) mass is 404 g/mol. The number of aryl methyl sites for hydroxylation is 2. The standard InChI is InChI=1S/C22H24N6O2/c1-13-4-5-20(23-11-13)30-19-10-16-9-18(19)27(15(16)3)22(29)17-8-14(2)12-24-21(17)28-25-6-7-26-28/h4-8,11-12,15-16,18-19H,9-10H2,1-3H3. The van der Waals surface area contributed by atoms with Crippen LogP contribution in [0.15, 0.2) is 43.0 Å². The number of piperidine rings is 1. The SMILES string of the molecule is Cc1ccc(OC2CC3CC2N(C(=O)c2cc(C)cnc2-n2nccn2)C3C)nc1. The van der Waals surface area contributed by atoms with Crippen molar-refractivity contribution in [3.05, 3.63) is 59.7 Å². The molecule has 1 amide bonds. The smallest absolute Gasteiger partial charge is 0.258 e. The summed E-state index contributed by atoms with van der Waals surface area (Å²) >= 11 is 0. The van der Waals surface area contributed by atoms with Gasteiger partial charge in [0.05, 0.1) is 24.0 Å². The maximum Gasteiger partial charge on any atom is 0.258 e. The van der Waals surface area contributed by atoms with Crippen molar-refractivity contribution in [3.63, 3.8) is 0 Å². The van der Waals surface area contributed by atoms with Gasteiger partial charge in [0.1, 0.15) is 6.10 Å². The van der Waals surface area contributed by atoms with Gasteiger partial charge in [0.2, 0.25) is 5.88 Å². The van der Waals surface area contributed by atoms with Crippen LogP contribution in [0.25, 0.3) is 5.82 Å². The fourth-order valence-electron chi connectivity index (χ4n) is 4.71. The number of hydrogen-bond acceptors (Lipinski definition) is 6. The van der Waals surface area contributed by atoms with Crippen LogP contribution >= 0.6 is 0 Å². The van der Waals surface area contributed by atoms with Crippen molar-refractivity contribution in [2.24, 2.45) is 5.92 Å². The Balaban J connectivity index is 1.45. The number of ether oxygens (including phenoxy) is 1. The summed E-state index contributed by atoms with van der Waals surface area (Å²) in [4.78, 5) is 25.9. The molecule has 4 atom stereocenters. The van der Waals surface area contributed by atoms with E-state index in [0.717, 1.165) is 24.0 Å². The molecule has 0 N–H and O–H groups in total. The summed E-state index contributed by atoms with van der Waals surface area (Å²) < 4.78 is 6.20. The van der Waals surface area contributed by atoms with Crippen molar-refractivity contribution in [3.8, 4) is 11.7 Å². The molecule has 8 nitrogen and oxygen atoms in total. The molecule has 2 aliphatic rings. The molecule has 1 aliphatic heterocycles. The zero-order valence-corrected chi connectivity index (χ0v) is 17.3. The molecular weight excluding hydrogens is 380 g/mol. The van der Waals surface area contributed by atoms with Gasteiger partial charge in [-0.3, -0.25) is 4.79 Å². The third kappa shape index (κ3) is 3.12. The molecule has 4 heterocycles. The van der Waals surface area contributed by atoms with E-state index in [4.69, 9.17) is 4.74 Å². The zero-order chi connectivity index (χ0) is 20.8. The van der Waals surface area contributed by atoms with Gasteiger partial charge in [0, 0.05) is 24.5 Å². The summed E-state index contributed by atoms with van der Waals surface area (Å²) in [5.41, 5.74) is 2.52. The number of likely N-dealkylation sites (tertiary alicyclic amines) is 1. The van der Waals surface area contributed by atoms with Crippen molar-refractivity contribution < 1.29 is 9.53 Å². The lowest BCUT2D eigenvalue weighted by atomic mass is 9.98. The van der Waals surface area contributed by atoms with Gasteiger partial charge in [0.25, 0.3) is 5.91 Å². The number of rotatable bonds is 4. The van der Waals surface area contributed by atoms with Gasteiger partial charge in [-0.1, -0.05) is 6.07 Å². The van der Waals surface area contributed by atoms with E-state index in [9.17, 15) is 4.79 Å². The zero-order valence-electron chi connectivity index (χ0n) is 17.3. The Morgan fingerprint density at radius 1 is 1.07 bits per heavy atom. The van der Waals surface area contributed by atoms with E-state index in [-0.39, 0.29) is 24.1 Å². The number of aromatic nitrogens is 5. The highest BCUT2D eigenvalue weighted by molar-refractivity contribution is 5.98. The summed E-state index contributed by atoms with van der Waals surface area (Å²) in [6, 6.07) is 5.90. The second-order valence-electron chi connectivity index (χ2n) is 8.28. The maximum absolute atomic E-state index is 13.7. The minimum atomic E-state index is -0.0607. The van der Waals surface area contributed by atoms with E-state index in [1.54, 1.807) is 24.8 Å². The highest BCUT2D eigenvalue weighted by atomic mass is 16.5. The molecule has 4 unspecified atom stereocenters. The number of fused-ring (bicyclic) bond motifs is 2. The highest BCUT2D eigenvalue weighted by Gasteiger charge is 2.53. The van der Waals surface area contributed by atoms with Crippen molar-refractivity contribution in [1.82, 2.24) is 29.9 Å². The van der Waals surface area contributed by atoms with Crippen LogP contribution in [0.2, 0.25) is 0 Å². The Morgan fingerprint density at radius 3 is 2.53 bits per heavy atom. The third-order valence-corrected chi connectivity index (χ3v) is 6.22. The van der Waals surface area contributed by atoms with Crippen LogP contribution < -0.4 is 4.74 Å². The molecule has 5 rings (SSSR count). The second-order valence-corrected chi connectivity index (χ2v) is 8.28. The largest absolute Gasteiger partial charge is 0.472 e. The normalized spacial score (nSPS) is 25.0. The summed E-state index contributed by atoms with van der Waals surface area (Å²) in [5.74, 6) is 1.42. The minimum Gasteiger partial charge on any atom is -0.472 e. The van der Waals surface area contributed by atoms with Gasteiger partial charge < -0.3 is 9.64 Å². The van der Waals surface area contributed by atoms with Crippen LogP contribution in [0, 0.1) is 19.8 Å². The first-order valence-electron chi connectivity index (χ1n) is 10.3. The summed E-state index contributed by atoms with van der Waals surface area (Å²) in [6.07, 6.45) is 8.50. The molecule has 0 radical (unpaired) electrons. The fourth-order valence-corrected chi connectivity index (χ4v) is 4.71. The third-order valence-electron chi connectivity index (χ3n) is 6.22. The first-order valence-corrected chi connectivity index (χ1v) is 10.3. The second kappa shape index (κ2) is 7.19. The van der Waals surface area contributed by atoms with E-state index < -0.39 is 0 Å². The van der Waals surface area contributed by atoms with E-state index in [1.807, 2.05) is 36.9 Å². The molecule has 3 aromatic rings. The van der Waals surface area contributed by atoms with Crippen molar-refractivity contribution in [2.45, 2.75) is 51.8 Å². The Bertz CT molecular complexity index is 1070. The summed E-state index contributed by atoms with van der Waals surface area (Å²) in [7, 11) is 0. The number of hydrogen-bond donors (Lipinski definition) is 0. The molecule has 2 fully saturated rings. The molecule has 8 heteroatoms. The summed E-state index contributed by atoms with van der Waals surface area (Å²) in [5, 5.41) is 8.34. The summed E-state index contributed by atoms with van der Waals surface area (Å²) in [6.45, 7) is 6.05. The van der Waals surface area contributed by atoms with Gasteiger partial charge in [-0.2, -0.15) is 10.2 Å². The average Bonchev–Trinajstić information content (AvgIpc) is 3.46. The Kier molecular flexibility index (Phi) is 4.49. The molecule has 1 saturated heterocycles. The van der Waals surface area contributed by atoms with Crippen molar-refractivity contribution >= 4 is 5.91 Å². The van der Waals surface area contributed by atoms with Gasteiger partial charge in [0.15, 0.2) is 5.82 Å². The van der Waals surface area contributed by atoms with Gasteiger partial charge in [-0.25, -0.2) is 9.97 Å². The number of nitrogens with zero attached hydrogens (tertiary/aromatic N) is 6. The highest BCUT2D eigenvalue weighted by Crippen LogP contribution is 2.44. The van der Waals surface area contributed by atoms with E-state index in [0.29, 0.717) is 23.2 Å². The lowest BCUT2D eigenvalue weighted by Gasteiger charge is -2.37. The van der Waals surface area contributed by atoms with E-state index >= 15 is 0 Å². The minimum absolute atomic E-state index is 0.0135. The van der Waals surface area contributed by atoms with Crippen molar-refractivity contribution in [1.29, 1.82) is 0 Å². The average molecular weight is 404 g/mol. The molecule has 2 bridgehead atoms.